The number of rotatable bonds is 2. The van der Waals surface area contributed by atoms with E-state index in [4.69, 9.17) is 17.3 Å². The highest BCUT2D eigenvalue weighted by Gasteiger charge is 2.26. The number of nitrogens with one attached hydrogen (secondary N) is 1. The van der Waals surface area contributed by atoms with Crippen molar-refractivity contribution in [1.82, 2.24) is 15.3 Å². The lowest BCUT2D eigenvalue weighted by Gasteiger charge is -2.18. The summed E-state index contributed by atoms with van der Waals surface area (Å²) in [4.78, 5) is 21.0. The van der Waals surface area contributed by atoms with Gasteiger partial charge in [0.1, 0.15) is 5.02 Å². The predicted molar refractivity (Wildman–Crippen MR) is 67.6 cm³/mol. The summed E-state index contributed by atoms with van der Waals surface area (Å²) in [6.07, 6.45) is 1.84. The van der Waals surface area contributed by atoms with Crippen LogP contribution in [0.2, 0.25) is 5.02 Å². The summed E-state index contributed by atoms with van der Waals surface area (Å²) in [7, 11) is 1.34. The smallest absolute Gasteiger partial charge is 0.407 e. The van der Waals surface area contributed by atoms with Gasteiger partial charge < -0.3 is 20.7 Å². The summed E-state index contributed by atoms with van der Waals surface area (Å²) in [5.41, 5.74) is 5.53. The molecule has 1 atom stereocenters. The van der Waals surface area contributed by atoms with Crippen molar-refractivity contribution in [3.8, 4) is 0 Å². The minimum absolute atomic E-state index is 0.0182. The molecule has 1 aliphatic heterocycles. The maximum absolute atomic E-state index is 11.1. The molecule has 8 heteroatoms. The zero-order valence-corrected chi connectivity index (χ0v) is 10.6. The van der Waals surface area contributed by atoms with E-state index in [-0.39, 0.29) is 12.0 Å². The van der Waals surface area contributed by atoms with Crippen LogP contribution in [-0.4, -0.2) is 42.3 Å². The van der Waals surface area contributed by atoms with Gasteiger partial charge in [0, 0.05) is 13.1 Å². The lowest BCUT2D eigenvalue weighted by atomic mass is 10.3. The van der Waals surface area contributed by atoms with Gasteiger partial charge in [-0.3, -0.25) is 0 Å². The Bertz CT molecular complexity index is 456. The van der Waals surface area contributed by atoms with Gasteiger partial charge in [0.25, 0.3) is 0 Å². The van der Waals surface area contributed by atoms with E-state index in [1.54, 1.807) is 0 Å². The molecule has 0 aliphatic carbocycles. The summed E-state index contributed by atoms with van der Waals surface area (Å²) < 4.78 is 4.56. The largest absolute Gasteiger partial charge is 0.453 e. The van der Waals surface area contributed by atoms with E-state index in [0.29, 0.717) is 17.4 Å². The third-order valence-corrected chi connectivity index (χ3v) is 3.01. The van der Waals surface area contributed by atoms with Gasteiger partial charge in [-0.05, 0) is 6.42 Å². The number of amides is 1. The van der Waals surface area contributed by atoms with Crippen LogP contribution in [0.4, 0.5) is 16.6 Å². The highest BCUT2D eigenvalue weighted by Crippen LogP contribution is 2.26. The Morgan fingerprint density at radius 2 is 2.50 bits per heavy atom. The number of nitrogens with two attached hydrogens (primary N) is 1. The summed E-state index contributed by atoms with van der Waals surface area (Å²) in [6, 6.07) is 0.0182. The fraction of sp³-hybridized carbons (Fsp3) is 0.500. The number of alkyl carbamates (subject to hydrolysis) is 1. The summed E-state index contributed by atoms with van der Waals surface area (Å²) in [5.74, 6) is 0.775. The number of carbonyl (C=O) groups excluding carboxylic acids is 1. The Kier molecular flexibility index (Phi) is 3.71. The topological polar surface area (TPSA) is 93.4 Å². The minimum atomic E-state index is -0.435. The fourth-order valence-electron chi connectivity index (χ4n) is 1.89. The van der Waals surface area contributed by atoms with Crippen LogP contribution in [0, 0.1) is 0 Å². The van der Waals surface area contributed by atoms with Crippen molar-refractivity contribution in [3.63, 3.8) is 0 Å². The molecule has 18 heavy (non-hydrogen) atoms. The first-order valence-electron chi connectivity index (χ1n) is 5.47. The molecule has 0 aromatic carbocycles. The van der Waals surface area contributed by atoms with Crippen molar-refractivity contribution in [2.24, 2.45) is 0 Å². The molecule has 98 valence electrons. The number of halogens is 1. The molecule has 0 bridgehead atoms. The molecule has 1 unspecified atom stereocenters. The minimum Gasteiger partial charge on any atom is -0.453 e. The van der Waals surface area contributed by atoms with Crippen molar-refractivity contribution in [2.45, 2.75) is 12.5 Å². The fourth-order valence-corrected chi connectivity index (χ4v) is 2.10. The normalized spacial score (nSPS) is 18.8. The third-order valence-electron chi connectivity index (χ3n) is 2.74. The number of methoxy groups -OCH3 is 1. The van der Waals surface area contributed by atoms with Gasteiger partial charge in [0.2, 0.25) is 5.95 Å². The third kappa shape index (κ3) is 2.73. The average Bonchev–Trinajstić information content (AvgIpc) is 2.80. The monoisotopic (exact) mass is 271 g/mol. The van der Waals surface area contributed by atoms with Crippen LogP contribution in [0.15, 0.2) is 6.20 Å². The molecule has 1 amide bonds. The van der Waals surface area contributed by atoms with Gasteiger partial charge in [-0.1, -0.05) is 11.6 Å². The molecule has 1 saturated heterocycles. The second-order valence-corrected chi connectivity index (χ2v) is 4.37. The Morgan fingerprint density at radius 3 is 3.22 bits per heavy atom. The Balaban J connectivity index is 2.04. The van der Waals surface area contributed by atoms with E-state index < -0.39 is 6.09 Å². The first-order valence-corrected chi connectivity index (χ1v) is 5.85. The van der Waals surface area contributed by atoms with E-state index in [1.807, 2.05) is 4.90 Å². The number of aromatic nitrogens is 2. The number of nitrogen functional groups attached to an aromatic ring is 1. The quantitative estimate of drug-likeness (QED) is 0.820. The average molecular weight is 272 g/mol. The molecule has 1 aromatic heterocycles. The molecule has 2 heterocycles. The second-order valence-electron chi connectivity index (χ2n) is 3.97. The Hall–Kier alpha value is -1.76. The highest BCUT2D eigenvalue weighted by molar-refractivity contribution is 6.32. The van der Waals surface area contributed by atoms with Gasteiger partial charge in [0.05, 0.1) is 19.3 Å². The van der Waals surface area contributed by atoms with E-state index in [9.17, 15) is 4.79 Å². The van der Waals surface area contributed by atoms with Crippen LogP contribution in [0.25, 0.3) is 0 Å². The Labute approximate surface area is 109 Å². The SMILES string of the molecule is COC(=O)NC1CCN(c2nc(N)ncc2Cl)C1. The highest BCUT2D eigenvalue weighted by atomic mass is 35.5. The van der Waals surface area contributed by atoms with Crippen LogP contribution in [0.1, 0.15) is 6.42 Å². The molecule has 0 saturated carbocycles. The number of ether oxygens (including phenoxy) is 1. The van der Waals surface area contributed by atoms with Gasteiger partial charge in [-0.15, -0.1) is 0 Å². The lowest BCUT2D eigenvalue weighted by Crippen LogP contribution is -2.37. The maximum Gasteiger partial charge on any atom is 0.407 e. The van der Waals surface area contributed by atoms with E-state index in [0.717, 1.165) is 13.0 Å². The summed E-state index contributed by atoms with van der Waals surface area (Å²) >= 11 is 6.02. The molecule has 3 N–H and O–H groups in total. The van der Waals surface area contributed by atoms with Crippen molar-refractivity contribution in [3.05, 3.63) is 11.2 Å². The van der Waals surface area contributed by atoms with Crippen molar-refractivity contribution in [1.29, 1.82) is 0 Å². The first kappa shape index (κ1) is 12.7. The van der Waals surface area contributed by atoms with E-state index >= 15 is 0 Å². The van der Waals surface area contributed by atoms with E-state index in [1.165, 1.54) is 13.3 Å². The second kappa shape index (κ2) is 5.26. The van der Waals surface area contributed by atoms with Crippen LogP contribution in [-0.2, 0) is 4.74 Å². The number of hydrogen-bond acceptors (Lipinski definition) is 6. The Morgan fingerprint density at radius 1 is 1.72 bits per heavy atom. The van der Waals surface area contributed by atoms with Crippen LogP contribution in [0.3, 0.4) is 0 Å². The summed E-state index contributed by atoms with van der Waals surface area (Å²) in [6.45, 7) is 1.36. The van der Waals surface area contributed by atoms with Crippen molar-refractivity contribution >= 4 is 29.5 Å². The van der Waals surface area contributed by atoms with Crippen molar-refractivity contribution in [2.75, 3.05) is 30.8 Å². The lowest BCUT2D eigenvalue weighted by molar-refractivity contribution is 0.167. The zero-order chi connectivity index (χ0) is 13.1. The molecule has 1 aliphatic rings. The van der Waals surface area contributed by atoms with Gasteiger partial charge in [-0.25, -0.2) is 9.78 Å². The van der Waals surface area contributed by atoms with Gasteiger partial charge in [-0.2, -0.15) is 4.98 Å². The predicted octanol–water partition coefficient (Wildman–Crippen LogP) is 0.647. The van der Waals surface area contributed by atoms with Crippen molar-refractivity contribution < 1.29 is 9.53 Å². The van der Waals surface area contributed by atoms with Gasteiger partial charge in [0.15, 0.2) is 5.82 Å². The standard InChI is InChI=1S/C10H14ClN5O2/c1-18-10(17)14-6-2-3-16(5-6)8-7(11)4-13-9(12)15-8/h4,6H,2-3,5H2,1H3,(H,14,17)(H2,12,13,15). The van der Waals surface area contributed by atoms with E-state index in [2.05, 4.69) is 20.0 Å². The molecular weight excluding hydrogens is 258 g/mol. The number of anilines is 2. The molecule has 2 rings (SSSR count). The number of carbonyl (C=O) groups is 1. The number of hydrogen-bond donors (Lipinski definition) is 2. The number of nitrogens with zero attached hydrogens (tertiary/aromatic N) is 3. The molecule has 7 nitrogen and oxygen atoms in total. The zero-order valence-electron chi connectivity index (χ0n) is 9.89. The molecule has 1 aromatic rings. The summed E-state index contributed by atoms with van der Waals surface area (Å²) in [5, 5.41) is 3.19. The van der Waals surface area contributed by atoms with Crippen LogP contribution >= 0.6 is 11.6 Å². The first-order chi connectivity index (χ1) is 8.60. The molecule has 0 spiro atoms. The molecular formula is C10H14ClN5O2. The van der Waals surface area contributed by atoms with Crippen LogP contribution < -0.4 is 16.0 Å². The van der Waals surface area contributed by atoms with Gasteiger partial charge >= 0.3 is 6.09 Å². The maximum atomic E-state index is 11.1. The van der Waals surface area contributed by atoms with Crippen LogP contribution in [0.5, 0.6) is 0 Å². The molecule has 1 fully saturated rings. The molecule has 0 radical (unpaired) electrons.